The van der Waals surface area contributed by atoms with E-state index in [0.29, 0.717) is 12.5 Å². The Morgan fingerprint density at radius 2 is 2.00 bits per heavy atom. The first-order valence-corrected chi connectivity index (χ1v) is 7.16. The number of nitrogens with two attached hydrogens (primary N) is 1. The zero-order chi connectivity index (χ0) is 14.0. The molecule has 20 heavy (non-hydrogen) atoms. The average Bonchev–Trinajstić information content (AvgIpc) is 2.46. The van der Waals surface area contributed by atoms with Gasteiger partial charge in [0.2, 0.25) is 5.88 Å². The standard InChI is InChI=1S/C16H20N2O2/c17-16(7-2-1-3-8-16)11-20-15-14-10-13(19)5-4-12(14)6-9-18-15/h4-6,9-10,19H,1-3,7-8,11,17H2. The number of ether oxygens (including phenoxy) is 1. The van der Waals surface area contributed by atoms with Gasteiger partial charge in [0.1, 0.15) is 12.4 Å². The highest BCUT2D eigenvalue weighted by atomic mass is 16.5. The lowest BCUT2D eigenvalue weighted by Gasteiger charge is -2.32. The average molecular weight is 272 g/mol. The van der Waals surface area contributed by atoms with Crippen molar-refractivity contribution < 1.29 is 9.84 Å². The molecule has 3 rings (SSSR count). The van der Waals surface area contributed by atoms with Crippen LogP contribution in [0.15, 0.2) is 30.5 Å². The number of nitrogens with zero attached hydrogens (tertiary/aromatic N) is 1. The summed E-state index contributed by atoms with van der Waals surface area (Å²) < 4.78 is 5.87. The number of phenolic OH excluding ortho intramolecular Hbond substituents is 1. The van der Waals surface area contributed by atoms with Crippen molar-refractivity contribution in [2.75, 3.05) is 6.61 Å². The van der Waals surface area contributed by atoms with Crippen LogP contribution in [0.25, 0.3) is 10.8 Å². The van der Waals surface area contributed by atoms with E-state index in [0.717, 1.165) is 23.6 Å². The summed E-state index contributed by atoms with van der Waals surface area (Å²) in [5.41, 5.74) is 6.14. The predicted octanol–water partition coefficient (Wildman–Crippen LogP) is 2.98. The fourth-order valence-electron chi connectivity index (χ4n) is 2.86. The van der Waals surface area contributed by atoms with Crippen LogP contribution >= 0.6 is 0 Å². The van der Waals surface area contributed by atoms with E-state index in [1.54, 1.807) is 18.3 Å². The van der Waals surface area contributed by atoms with Gasteiger partial charge in [-0.15, -0.1) is 0 Å². The molecule has 0 bridgehead atoms. The lowest BCUT2D eigenvalue weighted by atomic mass is 9.83. The number of benzene rings is 1. The summed E-state index contributed by atoms with van der Waals surface area (Å²) in [5, 5.41) is 11.4. The van der Waals surface area contributed by atoms with E-state index < -0.39 is 0 Å². The summed E-state index contributed by atoms with van der Waals surface area (Å²) in [6.45, 7) is 0.481. The number of fused-ring (bicyclic) bond motifs is 1. The third kappa shape index (κ3) is 2.70. The first-order valence-electron chi connectivity index (χ1n) is 7.16. The van der Waals surface area contributed by atoms with Gasteiger partial charge in [0.15, 0.2) is 0 Å². The Hall–Kier alpha value is -1.81. The molecule has 1 fully saturated rings. The minimum absolute atomic E-state index is 0.218. The lowest BCUT2D eigenvalue weighted by Crippen LogP contribution is -2.47. The number of aromatic hydroxyl groups is 1. The maximum atomic E-state index is 9.61. The van der Waals surface area contributed by atoms with Crippen molar-refractivity contribution >= 4 is 10.8 Å². The Morgan fingerprint density at radius 3 is 2.80 bits per heavy atom. The molecule has 0 aliphatic heterocycles. The molecule has 1 aromatic heterocycles. The monoisotopic (exact) mass is 272 g/mol. The van der Waals surface area contributed by atoms with Crippen molar-refractivity contribution in [1.82, 2.24) is 4.98 Å². The smallest absolute Gasteiger partial charge is 0.221 e. The molecule has 4 heteroatoms. The van der Waals surface area contributed by atoms with Crippen molar-refractivity contribution in [3.8, 4) is 11.6 Å². The third-order valence-corrected chi connectivity index (χ3v) is 4.06. The topological polar surface area (TPSA) is 68.4 Å². The summed E-state index contributed by atoms with van der Waals surface area (Å²) in [7, 11) is 0. The first-order chi connectivity index (χ1) is 9.66. The minimum Gasteiger partial charge on any atom is -0.508 e. The molecule has 0 amide bonds. The van der Waals surface area contributed by atoms with Crippen LogP contribution in [0.4, 0.5) is 0 Å². The fraction of sp³-hybridized carbons (Fsp3) is 0.438. The second-order valence-electron chi connectivity index (χ2n) is 5.73. The van der Waals surface area contributed by atoms with Gasteiger partial charge in [0.25, 0.3) is 0 Å². The second-order valence-corrected chi connectivity index (χ2v) is 5.73. The lowest BCUT2D eigenvalue weighted by molar-refractivity contribution is 0.171. The number of hydrogen-bond acceptors (Lipinski definition) is 4. The molecule has 0 radical (unpaired) electrons. The van der Waals surface area contributed by atoms with Gasteiger partial charge in [-0.3, -0.25) is 0 Å². The van der Waals surface area contributed by atoms with Crippen LogP contribution < -0.4 is 10.5 Å². The summed E-state index contributed by atoms with van der Waals surface area (Å²) in [6.07, 6.45) is 7.33. The predicted molar refractivity (Wildman–Crippen MR) is 78.9 cm³/mol. The molecule has 1 heterocycles. The van der Waals surface area contributed by atoms with E-state index in [2.05, 4.69) is 4.98 Å². The molecule has 0 atom stereocenters. The van der Waals surface area contributed by atoms with Crippen molar-refractivity contribution in [2.24, 2.45) is 5.73 Å². The number of rotatable bonds is 3. The number of hydrogen-bond donors (Lipinski definition) is 2. The van der Waals surface area contributed by atoms with Crippen LogP contribution in [0, 0.1) is 0 Å². The van der Waals surface area contributed by atoms with Crippen molar-refractivity contribution in [1.29, 1.82) is 0 Å². The number of phenols is 1. The van der Waals surface area contributed by atoms with Gasteiger partial charge in [0.05, 0.1) is 5.54 Å². The normalized spacial score (nSPS) is 18.1. The van der Waals surface area contributed by atoms with Crippen LogP contribution in [0.5, 0.6) is 11.6 Å². The largest absolute Gasteiger partial charge is 0.508 e. The number of pyridine rings is 1. The van der Waals surface area contributed by atoms with E-state index in [1.807, 2.05) is 12.1 Å². The molecule has 4 nitrogen and oxygen atoms in total. The van der Waals surface area contributed by atoms with Crippen LogP contribution in [0.2, 0.25) is 0 Å². The summed E-state index contributed by atoms with van der Waals surface area (Å²) in [4.78, 5) is 4.27. The van der Waals surface area contributed by atoms with Gasteiger partial charge in [-0.1, -0.05) is 25.3 Å². The van der Waals surface area contributed by atoms with Gasteiger partial charge in [0, 0.05) is 11.6 Å². The maximum Gasteiger partial charge on any atom is 0.221 e. The zero-order valence-corrected chi connectivity index (χ0v) is 11.5. The third-order valence-electron chi connectivity index (χ3n) is 4.06. The van der Waals surface area contributed by atoms with E-state index in [-0.39, 0.29) is 11.3 Å². The summed E-state index contributed by atoms with van der Waals surface area (Å²) in [6, 6.07) is 7.11. The molecule has 1 aliphatic carbocycles. The van der Waals surface area contributed by atoms with Gasteiger partial charge in [-0.05, 0) is 36.4 Å². The van der Waals surface area contributed by atoms with E-state index >= 15 is 0 Å². The molecule has 3 N–H and O–H groups in total. The Bertz CT molecular complexity index is 606. The van der Waals surface area contributed by atoms with Crippen LogP contribution in [-0.2, 0) is 0 Å². The first kappa shape index (κ1) is 13.2. The summed E-state index contributed by atoms with van der Waals surface area (Å²) in [5.74, 6) is 0.768. The molecule has 106 valence electrons. The molecule has 0 unspecified atom stereocenters. The second kappa shape index (κ2) is 5.29. The van der Waals surface area contributed by atoms with Gasteiger partial charge in [-0.2, -0.15) is 0 Å². The van der Waals surface area contributed by atoms with Crippen molar-refractivity contribution in [2.45, 2.75) is 37.6 Å². The fourth-order valence-corrected chi connectivity index (χ4v) is 2.86. The Labute approximate surface area is 118 Å². The quantitative estimate of drug-likeness (QED) is 0.901. The highest BCUT2D eigenvalue weighted by Gasteiger charge is 2.28. The minimum atomic E-state index is -0.237. The molecule has 0 spiro atoms. The van der Waals surface area contributed by atoms with E-state index in [9.17, 15) is 5.11 Å². The molecule has 1 saturated carbocycles. The molecule has 1 aliphatic rings. The van der Waals surface area contributed by atoms with Crippen LogP contribution in [0.1, 0.15) is 32.1 Å². The molecule has 1 aromatic carbocycles. The Balaban J connectivity index is 1.82. The molecule has 0 saturated heterocycles. The van der Waals surface area contributed by atoms with Gasteiger partial charge >= 0.3 is 0 Å². The molecule has 2 aromatic rings. The highest BCUT2D eigenvalue weighted by molar-refractivity contribution is 5.87. The Kier molecular flexibility index (Phi) is 3.49. The Morgan fingerprint density at radius 1 is 1.20 bits per heavy atom. The van der Waals surface area contributed by atoms with E-state index in [4.69, 9.17) is 10.5 Å². The highest BCUT2D eigenvalue weighted by Crippen LogP contribution is 2.30. The van der Waals surface area contributed by atoms with E-state index in [1.165, 1.54) is 19.3 Å². The zero-order valence-electron chi connectivity index (χ0n) is 11.5. The van der Waals surface area contributed by atoms with Crippen molar-refractivity contribution in [3.05, 3.63) is 30.5 Å². The maximum absolute atomic E-state index is 9.61. The van der Waals surface area contributed by atoms with Crippen molar-refractivity contribution in [3.63, 3.8) is 0 Å². The van der Waals surface area contributed by atoms with Crippen LogP contribution in [0.3, 0.4) is 0 Å². The molecular formula is C16H20N2O2. The molecular weight excluding hydrogens is 252 g/mol. The number of aromatic nitrogens is 1. The van der Waals surface area contributed by atoms with Crippen LogP contribution in [-0.4, -0.2) is 22.2 Å². The SMILES string of the molecule is NC1(COc2nccc3ccc(O)cc23)CCCCC1. The van der Waals surface area contributed by atoms with Gasteiger partial charge < -0.3 is 15.6 Å². The summed E-state index contributed by atoms with van der Waals surface area (Å²) >= 11 is 0. The van der Waals surface area contributed by atoms with Gasteiger partial charge in [-0.25, -0.2) is 4.98 Å².